The minimum absolute atomic E-state index is 0.0326. The number of pyridine rings is 1. The maximum absolute atomic E-state index is 5.90. The molecule has 0 saturated heterocycles. The van der Waals surface area contributed by atoms with Gasteiger partial charge in [-0.3, -0.25) is 9.88 Å². The summed E-state index contributed by atoms with van der Waals surface area (Å²) >= 11 is 5.90. The first-order valence-electron chi connectivity index (χ1n) is 4.72. The smallest absolute Gasteiger partial charge is 0.0402 e. The predicted molar refractivity (Wildman–Crippen MR) is 60.5 cm³/mol. The number of aromatic nitrogens is 1. The Labute approximate surface area is 90.9 Å². The summed E-state index contributed by atoms with van der Waals surface area (Å²) in [6.45, 7) is 5.19. The SMILES string of the molecule is CN(Cc1ccncc1)C(C)(C)CCl. The Morgan fingerprint density at radius 2 is 1.93 bits per heavy atom. The average Bonchev–Trinajstić information content (AvgIpc) is 2.19. The van der Waals surface area contributed by atoms with Crippen LogP contribution in [0.1, 0.15) is 19.4 Å². The van der Waals surface area contributed by atoms with E-state index in [1.165, 1.54) is 5.56 Å². The van der Waals surface area contributed by atoms with Crippen LogP contribution in [0.2, 0.25) is 0 Å². The van der Waals surface area contributed by atoms with E-state index in [2.05, 4.69) is 30.8 Å². The summed E-state index contributed by atoms with van der Waals surface area (Å²) in [5.74, 6) is 0.634. The number of halogens is 1. The van der Waals surface area contributed by atoms with Crippen LogP contribution < -0.4 is 0 Å². The highest BCUT2D eigenvalue weighted by molar-refractivity contribution is 6.18. The van der Waals surface area contributed by atoms with Gasteiger partial charge in [-0.05, 0) is 38.6 Å². The van der Waals surface area contributed by atoms with Crippen molar-refractivity contribution in [1.29, 1.82) is 0 Å². The molecule has 0 bridgehead atoms. The Kier molecular flexibility index (Phi) is 3.90. The van der Waals surface area contributed by atoms with Crippen molar-refractivity contribution in [1.82, 2.24) is 9.88 Å². The zero-order chi connectivity index (χ0) is 10.6. The van der Waals surface area contributed by atoms with E-state index in [9.17, 15) is 0 Å². The molecule has 0 aliphatic rings. The van der Waals surface area contributed by atoms with Gasteiger partial charge < -0.3 is 0 Å². The van der Waals surface area contributed by atoms with Crippen LogP contribution in [0.3, 0.4) is 0 Å². The van der Waals surface area contributed by atoms with Gasteiger partial charge >= 0.3 is 0 Å². The molecule has 1 heterocycles. The van der Waals surface area contributed by atoms with E-state index < -0.39 is 0 Å². The normalized spacial score (nSPS) is 12.1. The highest BCUT2D eigenvalue weighted by atomic mass is 35.5. The molecular weight excluding hydrogens is 196 g/mol. The highest BCUT2D eigenvalue weighted by Gasteiger charge is 2.21. The van der Waals surface area contributed by atoms with Crippen molar-refractivity contribution < 1.29 is 0 Å². The van der Waals surface area contributed by atoms with Crippen molar-refractivity contribution in [3.05, 3.63) is 30.1 Å². The Morgan fingerprint density at radius 3 is 2.43 bits per heavy atom. The molecule has 0 fully saturated rings. The van der Waals surface area contributed by atoms with E-state index in [1.54, 1.807) is 0 Å². The van der Waals surface area contributed by atoms with Gasteiger partial charge in [0, 0.05) is 30.4 Å². The van der Waals surface area contributed by atoms with E-state index in [0.29, 0.717) is 5.88 Å². The lowest BCUT2D eigenvalue weighted by atomic mass is 10.1. The molecule has 2 nitrogen and oxygen atoms in total. The lowest BCUT2D eigenvalue weighted by Gasteiger charge is -2.33. The second kappa shape index (κ2) is 4.76. The molecule has 0 atom stereocenters. The van der Waals surface area contributed by atoms with Gasteiger partial charge in [0.05, 0.1) is 0 Å². The van der Waals surface area contributed by atoms with Crippen LogP contribution in [0.15, 0.2) is 24.5 Å². The Morgan fingerprint density at radius 1 is 1.36 bits per heavy atom. The standard InChI is InChI=1S/C11H17ClN2/c1-11(2,9-12)14(3)8-10-4-6-13-7-5-10/h4-7H,8-9H2,1-3H3. The van der Waals surface area contributed by atoms with Crippen LogP contribution in [0.5, 0.6) is 0 Å². The van der Waals surface area contributed by atoms with E-state index in [1.807, 2.05) is 24.5 Å². The fourth-order valence-corrected chi connectivity index (χ4v) is 1.28. The third-order valence-electron chi connectivity index (χ3n) is 2.53. The molecule has 78 valence electrons. The molecular formula is C11H17ClN2. The van der Waals surface area contributed by atoms with Gasteiger partial charge in [0.25, 0.3) is 0 Å². The van der Waals surface area contributed by atoms with Gasteiger partial charge in [-0.15, -0.1) is 11.6 Å². The van der Waals surface area contributed by atoms with Gasteiger partial charge in [-0.2, -0.15) is 0 Å². The van der Waals surface area contributed by atoms with Crippen LogP contribution >= 0.6 is 11.6 Å². The molecule has 0 aliphatic heterocycles. The second-order valence-electron chi connectivity index (χ2n) is 4.16. The van der Waals surface area contributed by atoms with E-state index in [4.69, 9.17) is 11.6 Å². The molecule has 0 unspecified atom stereocenters. The molecule has 0 radical (unpaired) electrons. The average molecular weight is 213 g/mol. The summed E-state index contributed by atoms with van der Waals surface area (Å²) in [4.78, 5) is 6.24. The van der Waals surface area contributed by atoms with Gasteiger partial charge in [0.1, 0.15) is 0 Å². The first kappa shape index (κ1) is 11.5. The Hall–Kier alpha value is -0.600. The monoisotopic (exact) mass is 212 g/mol. The van der Waals surface area contributed by atoms with Crippen molar-refractivity contribution in [2.24, 2.45) is 0 Å². The summed E-state index contributed by atoms with van der Waals surface area (Å²) in [7, 11) is 2.09. The van der Waals surface area contributed by atoms with Crippen LogP contribution in [-0.4, -0.2) is 28.4 Å². The maximum atomic E-state index is 5.90. The Bertz CT molecular complexity index is 272. The van der Waals surface area contributed by atoms with Crippen LogP contribution in [0.4, 0.5) is 0 Å². The number of hydrogen-bond donors (Lipinski definition) is 0. The molecule has 0 aliphatic carbocycles. The number of alkyl halides is 1. The number of hydrogen-bond acceptors (Lipinski definition) is 2. The number of nitrogens with zero attached hydrogens (tertiary/aromatic N) is 2. The van der Waals surface area contributed by atoms with E-state index in [-0.39, 0.29) is 5.54 Å². The third kappa shape index (κ3) is 2.96. The molecule has 1 aromatic rings. The largest absolute Gasteiger partial charge is 0.296 e. The lowest BCUT2D eigenvalue weighted by Crippen LogP contribution is -2.42. The molecule has 0 spiro atoms. The molecule has 0 aromatic carbocycles. The second-order valence-corrected chi connectivity index (χ2v) is 4.42. The first-order valence-corrected chi connectivity index (χ1v) is 5.26. The predicted octanol–water partition coefficient (Wildman–Crippen LogP) is 2.53. The lowest BCUT2D eigenvalue weighted by molar-refractivity contribution is 0.170. The Balaban J connectivity index is 2.62. The summed E-state index contributed by atoms with van der Waals surface area (Å²) in [5.41, 5.74) is 1.30. The molecule has 0 amide bonds. The summed E-state index contributed by atoms with van der Waals surface area (Å²) in [6.07, 6.45) is 3.63. The minimum atomic E-state index is 0.0326. The molecule has 1 rings (SSSR count). The van der Waals surface area contributed by atoms with Crippen molar-refractivity contribution >= 4 is 11.6 Å². The van der Waals surface area contributed by atoms with Gasteiger partial charge in [0.2, 0.25) is 0 Å². The molecule has 0 N–H and O–H groups in total. The third-order valence-corrected chi connectivity index (χ3v) is 3.18. The summed E-state index contributed by atoms with van der Waals surface area (Å²) in [6, 6.07) is 4.06. The number of rotatable bonds is 4. The van der Waals surface area contributed by atoms with E-state index >= 15 is 0 Å². The molecule has 3 heteroatoms. The summed E-state index contributed by atoms with van der Waals surface area (Å²) < 4.78 is 0. The summed E-state index contributed by atoms with van der Waals surface area (Å²) in [5, 5.41) is 0. The quantitative estimate of drug-likeness (QED) is 0.714. The van der Waals surface area contributed by atoms with Crippen molar-refractivity contribution in [3.63, 3.8) is 0 Å². The van der Waals surface area contributed by atoms with Gasteiger partial charge in [-0.25, -0.2) is 0 Å². The van der Waals surface area contributed by atoms with Crippen molar-refractivity contribution in [2.45, 2.75) is 25.9 Å². The van der Waals surface area contributed by atoms with Crippen LogP contribution in [-0.2, 0) is 6.54 Å². The van der Waals surface area contributed by atoms with Gasteiger partial charge in [0.15, 0.2) is 0 Å². The highest BCUT2D eigenvalue weighted by Crippen LogP contribution is 2.16. The molecule has 0 saturated carbocycles. The minimum Gasteiger partial charge on any atom is -0.296 e. The maximum Gasteiger partial charge on any atom is 0.0402 e. The first-order chi connectivity index (χ1) is 6.56. The molecule has 1 aromatic heterocycles. The van der Waals surface area contributed by atoms with Crippen LogP contribution in [0, 0.1) is 0 Å². The van der Waals surface area contributed by atoms with Crippen molar-refractivity contribution in [2.75, 3.05) is 12.9 Å². The fraction of sp³-hybridized carbons (Fsp3) is 0.545. The van der Waals surface area contributed by atoms with E-state index in [0.717, 1.165) is 6.54 Å². The van der Waals surface area contributed by atoms with Crippen LogP contribution in [0.25, 0.3) is 0 Å². The fourth-order valence-electron chi connectivity index (χ4n) is 1.08. The van der Waals surface area contributed by atoms with Crippen molar-refractivity contribution in [3.8, 4) is 0 Å². The molecule has 14 heavy (non-hydrogen) atoms. The zero-order valence-corrected chi connectivity index (χ0v) is 9.75. The zero-order valence-electron chi connectivity index (χ0n) is 9.00. The topological polar surface area (TPSA) is 16.1 Å². The van der Waals surface area contributed by atoms with Gasteiger partial charge in [-0.1, -0.05) is 0 Å².